The topological polar surface area (TPSA) is 60.0 Å². The largest absolute Gasteiger partial charge is 0.496 e. The van der Waals surface area contributed by atoms with Crippen LogP contribution in [-0.4, -0.2) is 49.9 Å². The maximum Gasteiger partial charge on any atom is 0.317 e. The van der Waals surface area contributed by atoms with Crippen molar-refractivity contribution in [1.29, 1.82) is 0 Å². The fourth-order valence-electron chi connectivity index (χ4n) is 4.79. The van der Waals surface area contributed by atoms with Crippen LogP contribution in [0.15, 0.2) is 12.1 Å². The van der Waals surface area contributed by atoms with Crippen LogP contribution in [0.4, 0.5) is 4.79 Å². The van der Waals surface area contributed by atoms with Gasteiger partial charge in [-0.15, -0.1) is 0 Å². The minimum Gasteiger partial charge on any atom is -0.496 e. The zero-order valence-corrected chi connectivity index (χ0v) is 16.5. The van der Waals surface area contributed by atoms with Crippen LogP contribution in [0, 0.1) is 5.41 Å². The number of carbonyl (C=O) groups is 1. The maximum atomic E-state index is 12.7. The average Bonchev–Trinajstić information content (AvgIpc) is 3.21. The number of nitrogens with one attached hydrogen (secondary N) is 1. The monoisotopic (exact) mass is 374 g/mol. The lowest BCUT2D eigenvalue weighted by molar-refractivity contribution is -0.0704. The number of fused-ring (bicyclic) bond motifs is 1. The van der Waals surface area contributed by atoms with Gasteiger partial charge in [-0.3, -0.25) is 0 Å². The number of nitrogens with zero attached hydrogens (tertiary/aromatic N) is 1. The molecule has 1 saturated heterocycles. The van der Waals surface area contributed by atoms with Crippen LogP contribution in [0.3, 0.4) is 0 Å². The van der Waals surface area contributed by atoms with Gasteiger partial charge in [0.25, 0.3) is 0 Å². The van der Waals surface area contributed by atoms with Gasteiger partial charge in [-0.25, -0.2) is 4.79 Å². The Bertz CT molecular complexity index is 714. The highest BCUT2D eigenvalue weighted by Gasteiger charge is 2.49. The summed E-state index contributed by atoms with van der Waals surface area (Å²) in [7, 11) is 1.67. The molecule has 2 fully saturated rings. The number of amides is 2. The second kappa shape index (κ2) is 7.23. The maximum absolute atomic E-state index is 12.7. The molecule has 1 spiro atoms. The van der Waals surface area contributed by atoms with E-state index in [0.717, 1.165) is 62.4 Å². The van der Waals surface area contributed by atoms with Crippen molar-refractivity contribution in [2.75, 3.05) is 26.8 Å². The van der Waals surface area contributed by atoms with E-state index in [4.69, 9.17) is 14.2 Å². The number of hydrogen-bond acceptors (Lipinski definition) is 4. The van der Waals surface area contributed by atoms with Crippen molar-refractivity contribution in [1.82, 2.24) is 10.2 Å². The van der Waals surface area contributed by atoms with E-state index in [1.54, 1.807) is 7.11 Å². The molecule has 0 bridgehead atoms. The summed E-state index contributed by atoms with van der Waals surface area (Å²) in [5, 5.41) is 3.06. The van der Waals surface area contributed by atoms with Gasteiger partial charge in [0.2, 0.25) is 0 Å². The second-order valence-electron chi connectivity index (χ2n) is 8.22. The lowest BCUT2D eigenvalue weighted by atomic mass is 9.66. The molecule has 1 saturated carbocycles. The van der Waals surface area contributed by atoms with Crippen molar-refractivity contribution in [2.24, 2.45) is 5.41 Å². The van der Waals surface area contributed by atoms with E-state index in [1.807, 2.05) is 24.0 Å². The molecule has 1 aliphatic carbocycles. The van der Waals surface area contributed by atoms with Crippen LogP contribution in [0.1, 0.15) is 44.2 Å². The Hall–Kier alpha value is -1.95. The van der Waals surface area contributed by atoms with E-state index in [0.29, 0.717) is 12.6 Å². The number of likely N-dealkylation sites (tertiary alicyclic amines) is 1. The Morgan fingerprint density at radius 1 is 1.41 bits per heavy atom. The molecule has 148 valence electrons. The number of urea groups is 1. The van der Waals surface area contributed by atoms with Crippen molar-refractivity contribution < 1.29 is 19.0 Å². The molecule has 2 amide bonds. The zero-order chi connectivity index (χ0) is 19.0. The summed E-state index contributed by atoms with van der Waals surface area (Å²) in [6.45, 7) is 6.98. The van der Waals surface area contributed by atoms with Crippen molar-refractivity contribution in [3.05, 3.63) is 23.3 Å². The summed E-state index contributed by atoms with van der Waals surface area (Å²) in [5.41, 5.74) is 2.41. The van der Waals surface area contributed by atoms with E-state index in [9.17, 15) is 4.79 Å². The Labute approximate surface area is 161 Å². The number of hydrogen-bond donors (Lipinski definition) is 1. The van der Waals surface area contributed by atoms with Crippen molar-refractivity contribution in [2.45, 2.75) is 58.3 Å². The van der Waals surface area contributed by atoms with Crippen LogP contribution >= 0.6 is 0 Å². The normalized spacial score (nSPS) is 28.6. The predicted octanol–water partition coefficient (Wildman–Crippen LogP) is 3.12. The lowest BCUT2D eigenvalue weighted by Crippen LogP contribution is -2.46. The highest BCUT2D eigenvalue weighted by atomic mass is 16.5. The molecule has 1 atom stereocenters. The van der Waals surface area contributed by atoms with E-state index >= 15 is 0 Å². The van der Waals surface area contributed by atoms with Crippen LogP contribution in [0.2, 0.25) is 0 Å². The molecule has 1 aromatic carbocycles. The third-order valence-corrected chi connectivity index (χ3v) is 6.18. The third kappa shape index (κ3) is 3.59. The van der Waals surface area contributed by atoms with Gasteiger partial charge in [0.15, 0.2) is 0 Å². The summed E-state index contributed by atoms with van der Waals surface area (Å²) in [4.78, 5) is 14.6. The summed E-state index contributed by atoms with van der Waals surface area (Å²) in [6.07, 6.45) is 4.72. The van der Waals surface area contributed by atoms with E-state index in [-0.39, 0.29) is 17.6 Å². The second-order valence-corrected chi connectivity index (χ2v) is 8.22. The molecular formula is C21H30N2O4. The van der Waals surface area contributed by atoms with Gasteiger partial charge < -0.3 is 24.4 Å². The van der Waals surface area contributed by atoms with Crippen molar-refractivity contribution in [3.8, 4) is 11.5 Å². The first-order chi connectivity index (χ1) is 13.0. The van der Waals surface area contributed by atoms with Crippen LogP contribution in [0.25, 0.3) is 0 Å². The van der Waals surface area contributed by atoms with Crippen molar-refractivity contribution >= 4 is 6.03 Å². The van der Waals surface area contributed by atoms with Crippen LogP contribution in [-0.2, 0) is 17.7 Å². The molecule has 0 radical (unpaired) electrons. The van der Waals surface area contributed by atoms with Gasteiger partial charge in [0.05, 0.1) is 13.2 Å². The number of methoxy groups -OCH3 is 1. The molecule has 6 nitrogen and oxygen atoms in total. The molecule has 27 heavy (non-hydrogen) atoms. The van der Waals surface area contributed by atoms with Crippen LogP contribution in [0.5, 0.6) is 11.5 Å². The minimum atomic E-state index is 0.00331. The van der Waals surface area contributed by atoms with Crippen LogP contribution < -0.4 is 14.8 Å². The Morgan fingerprint density at radius 3 is 2.96 bits per heavy atom. The highest BCUT2D eigenvalue weighted by molar-refractivity contribution is 5.74. The molecule has 6 heteroatoms. The number of ether oxygens (including phenoxy) is 3. The number of benzene rings is 1. The first kappa shape index (κ1) is 18.4. The summed E-state index contributed by atoms with van der Waals surface area (Å²) >= 11 is 0. The Morgan fingerprint density at radius 2 is 2.22 bits per heavy atom. The Balaban J connectivity index is 1.33. The summed E-state index contributed by atoms with van der Waals surface area (Å²) in [5.74, 6) is 1.72. The van der Waals surface area contributed by atoms with Gasteiger partial charge >= 0.3 is 6.03 Å². The standard InChI is InChI=1S/C21H30N2O4/c1-4-26-17-10-21(11-17)5-6-23(13-21)20(24)22-12-16-9-19-15(7-14(2)27-19)8-18(16)25-3/h8-9,14,17H,4-7,10-13H2,1-3H3,(H,22,24). The molecule has 1 aromatic rings. The number of rotatable bonds is 5. The fourth-order valence-corrected chi connectivity index (χ4v) is 4.79. The molecule has 2 aliphatic heterocycles. The molecular weight excluding hydrogens is 344 g/mol. The minimum absolute atomic E-state index is 0.00331. The van der Waals surface area contributed by atoms with E-state index in [2.05, 4.69) is 12.2 Å². The molecule has 3 aliphatic rings. The summed E-state index contributed by atoms with van der Waals surface area (Å²) in [6, 6.07) is 4.04. The smallest absolute Gasteiger partial charge is 0.317 e. The lowest BCUT2D eigenvalue weighted by Gasteiger charge is -2.44. The first-order valence-corrected chi connectivity index (χ1v) is 10.0. The molecule has 1 unspecified atom stereocenters. The fraction of sp³-hybridized carbons (Fsp3) is 0.667. The van der Waals surface area contributed by atoms with Gasteiger partial charge in [-0.1, -0.05) is 0 Å². The third-order valence-electron chi connectivity index (χ3n) is 6.18. The van der Waals surface area contributed by atoms with Gasteiger partial charge in [0.1, 0.15) is 17.6 Å². The average molecular weight is 374 g/mol. The van der Waals surface area contributed by atoms with Crippen molar-refractivity contribution in [3.63, 3.8) is 0 Å². The zero-order valence-electron chi connectivity index (χ0n) is 16.5. The first-order valence-electron chi connectivity index (χ1n) is 10.0. The SMILES string of the molecule is CCOC1CC2(CCN(C(=O)NCc3cc4c(cc3OC)CC(C)O4)C2)C1. The Kier molecular flexibility index (Phi) is 4.93. The number of carbonyl (C=O) groups excluding carboxylic acids is 1. The molecule has 4 rings (SSSR count). The quantitative estimate of drug-likeness (QED) is 0.860. The van der Waals surface area contributed by atoms with Gasteiger partial charge in [-0.05, 0) is 50.7 Å². The molecule has 1 N–H and O–H groups in total. The molecule has 0 aromatic heterocycles. The molecule has 2 heterocycles. The van der Waals surface area contributed by atoms with E-state index < -0.39 is 0 Å². The predicted molar refractivity (Wildman–Crippen MR) is 102 cm³/mol. The van der Waals surface area contributed by atoms with E-state index in [1.165, 1.54) is 5.56 Å². The summed E-state index contributed by atoms with van der Waals surface area (Å²) < 4.78 is 17.1. The van der Waals surface area contributed by atoms with Gasteiger partial charge in [0, 0.05) is 43.8 Å². The van der Waals surface area contributed by atoms with Gasteiger partial charge in [-0.2, -0.15) is 0 Å². The highest BCUT2D eigenvalue weighted by Crippen LogP contribution is 2.49.